The smallest absolute Gasteiger partial charge is 0.307 e. The number of aromatic nitrogens is 2. The van der Waals surface area contributed by atoms with E-state index in [1.807, 2.05) is 0 Å². The van der Waals surface area contributed by atoms with Crippen molar-refractivity contribution < 1.29 is 14.8 Å². The van der Waals surface area contributed by atoms with E-state index in [1.54, 1.807) is 4.90 Å². The van der Waals surface area contributed by atoms with Crippen LogP contribution >= 0.6 is 0 Å². The van der Waals surface area contributed by atoms with E-state index in [2.05, 4.69) is 5.10 Å². The van der Waals surface area contributed by atoms with Crippen molar-refractivity contribution in [3.63, 3.8) is 0 Å². The molecular formula is C10H14N4O4. The van der Waals surface area contributed by atoms with Crippen LogP contribution in [0.2, 0.25) is 0 Å². The lowest BCUT2D eigenvalue weighted by atomic mass is 10.1. The highest BCUT2D eigenvalue weighted by Crippen LogP contribution is 2.16. The summed E-state index contributed by atoms with van der Waals surface area (Å²) in [5, 5.41) is 23.2. The summed E-state index contributed by atoms with van der Waals surface area (Å²) >= 11 is 0. The van der Waals surface area contributed by atoms with Gasteiger partial charge in [-0.15, -0.1) is 0 Å². The third kappa shape index (κ3) is 2.65. The Morgan fingerprint density at radius 2 is 2.44 bits per heavy atom. The van der Waals surface area contributed by atoms with Crippen LogP contribution in [0.15, 0.2) is 12.4 Å². The fourth-order valence-electron chi connectivity index (χ4n) is 1.98. The summed E-state index contributed by atoms with van der Waals surface area (Å²) in [6.07, 6.45) is 3.15. The summed E-state index contributed by atoms with van der Waals surface area (Å²) in [6.45, 7) is 1.23. The summed E-state index contributed by atoms with van der Waals surface area (Å²) in [5.74, 6) is 0.00450. The minimum absolute atomic E-state index is 0.00795. The van der Waals surface area contributed by atoms with Crippen LogP contribution in [0.4, 0.5) is 5.69 Å². The largest absolute Gasteiger partial charge is 0.396 e. The number of rotatable bonds is 4. The van der Waals surface area contributed by atoms with Crippen LogP contribution in [0.25, 0.3) is 0 Å². The average Bonchev–Trinajstić information content (AvgIpc) is 2.96. The van der Waals surface area contributed by atoms with Gasteiger partial charge >= 0.3 is 5.69 Å². The first-order valence-electron chi connectivity index (χ1n) is 5.65. The summed E-state index contributed by atoms with van der Waals surface area (Å²) in [5.41, 5.74) is -0.127. The first-order valence-corrected chi connectivity index (χ1v) is 5.65. The molecule has 8 heteroatoms. The van der Waals surface area contributed by atoms with Crippen LogP contribution < -0.4 is 0 Å². The molecule has 2 heterocycles. The topological polar surface area (TPSA) is 102 Å². The molecular weight excluding hydrogens is 240 g/mol. The van der Waals surface area contributed by atoms with E-state index in [1.165, 1.54) is 10.9 Å². The van der Waals surface area contributed by atoms with Crippen LogP contribution in [0.1, 0.15) is 6.42 Å². The van der Waals surface area contributed by atoms with Gasteiger partial charge in [0.15, 0.2) is 0 Å². The molecule has 0 aliphatic carbocycles. The minimum atomic E-state index is -0.550. The quantitative estimate of drug-likeness (QED) is 0.583. The van der Waals surface area contributed by atoms with Crippen molar-refractivity contribution in [2.45, 2.75) is 13.0 Å². The summed E-state index contributed by atoms with van der Waals surface area (Å²) in [6, 6.07) is 0. The zero-order valence-electron chi connectivity index (χ0n) is 9.73. The van der Waals surface area contributed by atoms with E-state index in [-0.39, 0.29) is 30.7 Å². The second-order valence-corrected chi connectivity index (χ2v) is 4.33. The highest BCUT2D eigenvalue weighted by molar-refractivity contribution is 5.76. The molecule has 0 bridgehead atoms. The first kappa shape index (κ1) is 12.5. The molecule has 1 atom stereocenters. The average molecular weight is 254 g/mol. The molecule has 1 aromatic heterocycles. The van der Waals surface area contributed by atoms with E-state index in [4.69, 9.17) is 5.11 Å². The van der Waals surface area contributed by atoms with Gasteiger partial charge in [-0.25, -0.2) is 0 Å². The monoisotopic (exact) mass is 254 g/mol. The third-order valence-electron chi connectivity index (χ3n) is 3.02. The van der Waals surface area contributed by atoms with E-state index in [0.717, 1.165) is 12.6 Å². The third-order valence-corrected chi connectivity index (χ3v) is 3.02. The number of carbonyl (C=O) groups is 1. The lowest BCUT2D eigenvalue weighted by Crippen LogP contribution is -2.32. The summed E-state index contributed by atoms with van der Waals surface area (Å²) < 4.78 is 1.26. The van der Waals surface area contributed by atoms with Crippen molar-refractivity contribution in [2.75, 3.05) is 19.7 Å². The number of likely N-dealkylation sites (tertiary alicyclic amines) is 1. The number of nitrogens with zero attached hydrogens (tertiary/aromatic N) is 4. The predicted molar refractivity (Wildman–Crippen MR) is 60.7 cm³/mol. The zero-order valence-corrected chi connectivity index (χ0v) is 9.73. The van der Waals surface area contributed by atoms with Gasteiger partial charge < -0.3 is 10.0 Å². The fourth-order valence-corrected chi connectivity index (χ4v) is 1.98. The molecule has 1 fully saturated rings. The van der Waals surface area contributed by atoms with Gasteiger partial charge in [-0.1, -0.05) is 0 Å². The molecule has 1 aliphatic heterocycles. The van der Waals surface area contributed by atoms with Gasteiger partial charge in [0, 0.05) is 25.6 Å². The van der Waals surface area contributed by atoms with Gasteiger partial charge in [0.2, 0.25) is 5.91 Å². The van der Waals surface area contributed by atoms with Gasteiger partial charge in [0.1, 0.15) is 18.9 Å². The van der Waals surface area contributed by atoms with Crippen LogP contribution in [-0.4, -0.2) is 50.3 Å². The van der Waals surface area contributed by atoms with Crippen LogP contribution in [0, 0.1) is 16.0 Å². The van der Waals surface area contributed by atoms with E-state index < -0.39 is 4.92 Å². The Morgan fingerprint density at radius 1 is 1.67 bits per heavy atom. The van der Waals surface area contributed by atoms with Gasteiger partial charge in [-0.3, -0.25) is 19.6 Å². The van der Waals surface area contributed by atoms with Crippen molar-refractivity contribution in [1.82, 2.24) is 14.7 Å². The fraction of sp³-hybridized carbons (Fsp3) is 0.600. The van der Waals surface area contributed by atoms with Crippen molar-refractivity contribution in [3.05, 3.63) is 22.5 Å². The molecule has 0 aromatic carbocycles. The molecule has 1 amide bonds. The molecule has 1 aromatic rings. The molecule has 1 aliphatic rings. The Labute approximate surface area is 103 Å². The van der Waals surface area contributed by atoms with Crippen molar-refractivity contribution in [3.8, 4) is 0 Å². The van der Waals surface area contributed by atoms with E-state index in [9.17, 15) is 14.9 Å². The van der Waals surface area contributed by atoms with Gasteiger partial charge in [-0.05, 0) is 6.42 Å². The van der Waals surface area contributed by atoms with Crippen molar-refractivity contribution in [2.24, 2.45) is 5.92 Å². The highest BCUT2D eigenvalue weighted by atomic mass is 16.6. The Bertz CT molecular complexity index is 458. The van der Waals surface area contributed by atoms with Crippen LogP contribution in [0.5, 0.6) is 0 Å². The lowest BCUT2D eigenvalue weighted by molar-refractivity contribution is -0.385. The van der Waals surface area contributed by atoms with Gasteiger partial charge in [0.05, 0.1) is 4.92 Å². The minimum Gasteiger partial charge on any atom is -0.396 e. The Balaban J connectivity index is 1.93. The Kier molecular flexibility index (Phi) is 3.56. The van der Waals surface area contributed by atoms with Gasteiger partial charge in [0.25, 0.3) is 0 Å². The molecule has 1 saturated heterocycles. The zero-order chi connectivity index (χ0) is 13.1. The number of hydrogen-bond acceptors (Lipinski definition) is 5. The number of nitro groups is 1. The molecule has 1 unspecified atom stereocenters. The SMILES string of the molecule is O=C(Cn1cc([N+](=O)[O-])cn1)N1CCC(CO)C1. The molecule has 0 saturated carbocycles. The molecule has 98 valence electrons. The van der Waals surface area contributed by atoms with Crippen molar-refractivity contribution in [1.29, 1.82) is 0 Å². The normalized spacial score (nSPS) is 19.2. The van der Waals surface area contributed by atoms with Crippen molar-refractivity contribution >= 4 is 11.6 Å². The number of carbonyl (C=O) groups excluding carboxylic acids is 1. The standard InChI is InChI=1S/C10H14N4O4/c15-7-8-1-2-12(4-8)10(16)6-13-5-9(3-11-13)14(17)18/h3,5,8,15H,1-2,4,6-7H2. The number of aliphatic hydroxyl groups excluding tert-OH is 1. The summed E-state index contributed by atoms with van der Waals surface area (Å²) in [7, 11) is 0. The summed E-state index contributed by atoms with van der Waals surface area (Å²) in [4.78, 5) is 23.4. The molecule has 8 nitrogen and oxygen atoms in total. The number of aliphatic hydroxyl groups is 1. The molecule has 2 rings (SSSR count). The number of hydrogen-bond donors (Lipinski definition) is 1. The second-order valence-electron chi connectivity index (χ2n) is 4.33. The Morgan fingerprint density at radius 3 is 3.00 bits per heavy atom. The Hall–Kier alpha value is -1.96. The lowest BCUT2D eigenvalue weighted by Gasteiger charge is -2.15. The van der Waals surface area contributed by atoms with E-state index >= 15 is 0 Å². The van der Waals surface area contributed by atoms with Crippen LogP contribution in [-0.2, 0) is 11.3 Å². The first-order chi connectivity index (χ1) is 8.60. The number of amides is 1. The predicted octanol–water partition coefficient (Wildman–Crippen LogP) is -0.368. The molecule has 0 spiro atoms. The molecule has 18 heavy (non-hydrogen) atoms. The molecule has 1 N–H and O–H groups in total. The van der Waals surface area contributed by atoms with E-state index in [0.29, 0.717) is 13.1 Å². The highest BCUT2D eigenvalue weighted by Gasteiger charge is 2.26. The molecule has 0 radical (unpaired) electrons. The van der Waals surface area contributed by atoms with Gasteiger partial charge in [-0.2, -0.15) is 5.10 Å². The maximum Gasteiger partial charge on any atom is 0.307 e. The maximum absolute atomic E-state index is 11.9. The second kappa shape index (κ2) is 5.13. The maximum atomic E-state index is 11.9. The van der Waals surface area contributed by atoms with Crippen LogP contribution in [0.3, 0.4) is 0 Å².